The molecule has 0 bridgehead atoms. The first kappa shape index (κ1) is 13.7. The molecule has 1 heterocycles. The molecule has 1 aromatic heterocycles. The van der Waals surface area contributed by atoms with Crippen LogP contribution in [-0.2, 0) is 18.4 Å². The fraction of sp³-hybridized carbons (Fsp3) is 0.467. The number of aromatic nitrogens is 3. The number of aryl methyl sites for hydroxylation is 1. The van der Waals surface area contributed by atoms with Crippen LogP contribution >= 0.6 is 0 Å². The van der Waals surface area contributed by atoms with Crippen molar-refractivity contribution < 1.29 is 5.11 Å². The number of hydrogen-bond acceptors (Lipinski definition) is 3. The largest absolute Gasteiger partial charge is 0.392 e. The average molecular weight is 259 g/mol. The second-order valence-electron chi connectivity index (χ2n) is 5.30. The third-order valence-corrected chi connectivity index (χ3v) is 3.72. The van der Waals surface area contributed by atoms with E-state index in [0.29, 0.717) is 6.42 Å². The van der Waals surface area contributed by atoms with E-state index < -0.39 is 6.10 Å². The first-order chi connectivity index (χ1) is 9.05. The molecule has 0 amide bonds. The molecule has 0 aliphatic carbocycles. The fourth-order valence-electron chi connectivity index (χ4n) is 2.20. The van der Waals surface area contributed by atoms with Crippen LogP contribution in [0.5, 0.6) is 0 Å². The molecule has 0 aliphatic heterocycles. The van der Waals surface area contributed by atoms with E-state index in [-0.39, 0.29) is 5.41 Å². The summed E-state index contributed by atoms with van der Waals surface area (Å²) in [6, 6.07) is 10.1. The molecule has 0 saturated carbocycles. The molecule has 1 atom stereocenters. The maximum Gasteiger partial charge on any atom is 0.138 e. The summed E-state index contributed by atoms with van der Waals surface area (Å²) in [5.74, 6) is 0.832. The maximum absolute atomic E-state index is 10.5. The van der Waals surface area contributed by atoms with E-state index in [1.807, 2.05) is 41.9 Å². The first-order valence-corrected chi connectivity index (χ1v) is 6.66. The van der Waals surface area contributed by atoms with Crippen LogP contribution < -0.4 is 0 Å². The normalized spacial score (nSPS) is 13.5. The van der Waals surface area contributed by atoms with Crippen molar-refractivity contribution in [3.8, 4) is 0 Å². The Morgan fingerprint density at radius 2 is 1.95 bits per heavy atom. The SMILES string of the molecule is CCn1ncnc1CC(O)C(C)(C)c1ccccc1. The van der Waals surface area contributed by atoms with Gasteiger partial charge in [0.25, 0.3) is 0 Å². The zero-order chi connectivity index (χ0) is 13.9. The van der Waals surface area contributed by atoms with Gasteiger partial charge in [0.1, 0.15) is 12.2 Å². The lowest BCUT2D eigenvalue weighted by atomic mass is 9.78. The molecule has 1 N–H and O–H groups in total. The molecular weight excluding hydrogens is 238 g/mol. The van der Waals surface area contributed by atoms with Gasteiger partial charge in [-0.05, 0) is 12.5 Å². The fourth-order valence-corrected chi connectivity index (χ4v) is 2.20. The molecule has 102 valence electrons. The predicted molar refractivity (Wildman–Crippen MR) is 74.9 cm³/mol. The summed E-state index contributed by atoms with van der Waals surface area (Å²) >= 11 is 0. The maximum atomic E-state index is 10.5. The van der Waals surface area contributed by atoms with E-state index in [1.54, 1.807) is 6.33 Å². The highest BCUT2D eigenvalue weighted by atomic mass is 16.3. The molecule has 4 heteroatoms. The number of rotatable bonds is 5. The van der Waals surface area contributed by atoms with E-state index >= 15 is 0 Å². The summed E-state index contributed by atoms with van der Waals surface area (Å²) in [6.07, 6.45) is 1.56. The molecule has 19 heavy (non-hydrogen) atoms. The van der Waals surface area contributed by atoms with Gasteiger partial charge in [0.05, 0.1) is 6.10 Å². The van der Waals surface area contributed by atoms with Gasteiger partial charge in [0.2, 0.25) is 0 Å². The van der Waals surface area contributed by atoms with Gasteiger partial charge in [-0.15, -0.1) is 0 Å². The number of hydrogen-bond donors (Lipinski definition) is 1. The molecule has 0 fully saturated rings. The van der Waals surface area contributed by atoms with Crippen LogP contribution in [0, 0.1) is 0 Å². The lowest BCUT2D eigenvalue weighted by Crippen LogP contribution is -2.36. The molecule has 0 saturated heterocycles. The summed E-state index contributed by atoms with van der Waals surface area (Å²) in [5, 5.41) is 14.7. The van der Waals surface area contributed by atoms with Crippen LogP contribution in [-0.4, -0.2) is 26.0 Å². The second kappa shape index (κ2) is 5.53. The van der Waals surface area contributed by atoms with Crippen LogP contribution in [0.25, 0.3) is 0 Å². The standard InChI is InChI=1S/C15H21N3O/c1-4-18-14(16-11-17-18)10-13(19)15(2,3)12-8-6-5-7-9-12/h5-9,11,13,19H,4,10H2,1-3H3. The summed E-state index contributed by atoms with van der Waals surface area (Å²) in [4.78, 5) is 4.23. The predicted octanol–water partition coefficient (Wildman–Crippen LogP) is 2.18. The van der Waals surface area contributed by atoms with Gasteiger partial charge in [-0.25, -0.2) is 4.98 Å². The van der Waals surface area contributed by atoms with Crippen molar-refractivity contribution in [2.24, 2.45) is 0 Å². The number of aliphatic hydroxyl groups is 1. The zero-order valence-corrected chi connectivity index (χ0v) is 11.7. The van der Waals surface area contributed by atoms with Crippen LogP contribution in [0.3, 0.4) is 0 Å². The van der Waals surface area contributed by atoms with Crippen molar-refractivity contribution in [2.45, 2.75) is 45.3 Å². The highest BCUT2D eigenvalue weighted by molar-refractivity contribution is 5.25. The molecule has 4 nitrogen and oxygen atoms in total. The van der Waals surface area contributed by atoms with Crippen molar-refractivity contribution in [1.29, 1.82) is 0 Å². The smallest absolute Gasteiger partial charge is 0.138 e. The van der Waals surface area contributed by atoms with Gasteiger partial charge in [-0.2, -0.15) is 5.10 Å². The van der Waals surface area contributed by atoms with Crippen molar-refractivity contribution in [3.63, 3.8) is 0 Å². The quantitative estimate of drug-likeness (QED) is 0.895. The molecule has 2 rings (SSSR count). The summed E-state index contributed by atoms with van der Waals surface area (Å²) < 4.78 is 1.82. The van der Waals surface area contributed by atoms with Gasteiger partial charge < -0.3 is 5.11 Å². The minimum Gasteiger partial charge on any atom is -0.392 e. The number of nitrogens with zero attached hydrogens (tertiary/aromatic N) is 3. The highest BCUT2D eigenvalue weighted by Crippen LogP contribution is 2.28. The zero-order valence-electron chi connectivity index (χ0n) is 11.7. The monoisotopic (exact) mass is 259 g/mol. The van der Waals surface area contributed by atoms with Crippen molar-refractivity contribution in [2.75, 3.05) is 0 Å². The topological polar surface area (TPSA) is 50.9 Å². The Balaban J connectivity index is 2.17. The highest BCUT2D eigenvalue weighted by Gasteiger charge is 2.30. The van der Waals surface area contributed by atoms with E-state index in [2.05, 4.69) is 23.9 Å². The minimum atomic E-state index is -0.496. The third-order valence-electron chi connectivity index (χ3n) is 3.72. The Morgan fingerprint density at radius 1 is 1.26 bits per heavy atom. The van der Waals surface area contributed by atoms with Crippen molar-refractivity contribution in [1.82, 2.24) is 14.8 Å². The lowest BCUT2D eigenvalue weighted by molar-refractivity contribution is 0.0968. The summed E-state index contributed by atoms with van der Waals surface area (Å²) in [5.41, 5.74) is 0.816. The third kappa shape index (κ3) is 2.84. The number of aliphatic hydroxyl groups excluding tert-OH is 1. The van der Waals surface area contributed by atoms with E-state index in [0.717, 1.165) is 17.9 Å². The molecule has 0 spiro atoms. The van der Waals surface area contributed by atoms with E-state index in [1.165, 1.54) is 0 Å². The lowest BCUT2D eigenvalue weighted by Gasteiger charge is -2.31. The van der Waals surface area contributed by atoms with Gasteiger partial charge in [0, 0.05) is 18.4 Å². The Bertz CT molecular complexity index is 519. The molecular formula is C15H21N3O. The average Bonchev–Trinajstić information content (AvgIpc) is 2.87. The van der Waals surface area contributed by atoms with E-state index in [9.17, 15) is 5.11 Å². The summed E-state index contributed by atoms with van der Waals surface area (Å²) in [6.45, 7) is 6.90. The van der Waals surface area contributed by atoms with Gasteiger partial charge >= 0.3 is 0 Å². The van der Waals surface area contributed by atoms with Crippen molar-refractivity contribution >= 4 is 0 Å². The molecule has 2 aromatic rings. The van der Waals surface area contributed by atoms with Crippen LogP contribution in [0.2, 0.25) is 0 Å². The summed E-state index contributed by atoms with van der Waals surface area (Å²) in [7, 11) is 0. The Hall–Kier alpha value is -1.68. The second-order valence-corrected chi connectivity index (χ2v) is 5.30. The van der Waals surface area contributed by atoms with Crippen LogP contribution in [0.15, 0.2) is 36.7 Å². The van der Waals surface area contributed by atoms with Crippen LogP contribution in [0.4, 0.5) is 0 Å². The minimum absolute atomic E-state index is 0.314. The number of benzene rings is 1. The van der Waals surface area contributed by atoms with Gasteiger partial charge in [-0.3, -0.25) is 4.68 Å². The Kier molecular flexibility index (Phi) is 4.00. The Morgan fingerprint density at radius 3 is 2.58 bits per heavy atom. The molecule has 0 aliphatic rings. The van der Waals surface area contributed by atoms with Crippen LogP contribution in [0.1, 0.15) is 32.2 Å². The van der Waals surface area contributed by atoms with Crippen molar-refractivity contribution in [3.05, 3.63) is 48.0 Å². The Labute approximate surface area is 114 Å². The molecule has 0 radical (unpaired) electrons. The molecule has 1 aromatic carbocycles. The van der Waals surface area contributed by atoms with Gasteiger partial charge in [0.15, 0.2) is 0 Å². The first-order valence-electron chi connectivity index (χ1n) is 6.66. The van der Waals surface area contributed by atoms with Gasteiger partial charge in [-0.1, -0.05) is 44.2 Å². The van der Waals surface area contributed by atoms with E-state index in [4.69, 9.17) is 0 Å². The molecule has 1 unspecified atom stereocenters.